The Morgan fingerprint density at radius 3 is 2.46 bits per heavy atom. The molecule has 1 amide bonds. The fourth-order valence-corrected chi connectivity index (χ4v) is 9.61. The zero-order valence-corrected chi connectivity index (χ0v) is 35.8. The van der Waals surface area contributed by atoms with E-state index in [9.17, 15) is 19.5 Å². The van der Waals surface area contributed by atoms with Crippen molar-refractivity contribution in [3.8, 4) is 0 Å². The lowest BCUT2D eigenvalue weighted by atomic mass is 9.72. The molecule has 318 valence electrons. The Morgan fingerprint density at radius 2 is 1.79 bits per heavy atom. The third kappa shape index (κ3) is 9.17. The molecule has 0 saturated carbocycles. The fourth-order valence-electron chi connectivity index (χ4n) is 9.61. The predicted octanol–water partition coefficient (Wildman–Crippen LogP) is 4.63. The van der Waals surface area contributed by atoms with Crippen molar-refractivity contribution in [3.63, 3.8) is 0 Å². The summed E-state index contributed by atoms with van der Waals surface area (Å²) in [7, 11) is 5.35. The first-order chi connectivity index (χ1) is 26.9. The van der Waals surface area contributed by atoms with E-state index in [0.29, 0.717) is 32.2 Å². The van der Waals surface area contributed by atoms with Gasteiger partial charge in [0.1, 0.15) is 18.1 Å². The average molecular weight is 798 g/mol. The molecule has 14 atom stereocenters. The minimum absolute atomic E-state index is 0.227. The van der Waals surface area contributed by atoms with Gasteiger partial charge in [-0.3, -0.25) is 14.6 Å². The maximum absolute atomic E-state index is 14.3. The van der Waals surface area contributed by atoms with E-state index >= 15 is 0 Å². The van der Waals surface area contributed by atoms with E-state index < -0.39 is 77.6 Å². The number of nitrogens with two attached hydrogens (primary N) is 1. The number of ketones is 1. The van der Waals surface area contributed by atoms with E-state index in [0.717, 1.165) is 22.9 Å². The predicted molar refractivity (Wildman–Crippen MR) is 216 cm³/mol. The van der Waals surface area contributed by atoms with Gasteiger partial charge in [-0.1, -0.05) is 45.9 Å². The van der Waals surface area contributed by atoms with Crippen molar-refractivity contribution in [2.24, 2.45) is 29.4 Å². The zero-order valence-electron chi connectivity index (χ0n) is 35.8. The van der Waals surface area contributed by atoms with Crippen LogP contribution in [0.5, 0.6) is 0 Å². The number of benzene rings is 1. The van der Waals surface area contributed by atoms with Gasteiger partial charge < -0.3 is 39.4 Å². The number of hydrogen-bond acceptors (Lipinski definition) is 13. The summed E-state index contributed by atoms with van der Waals surface area (Å²) in [4.78, 5) is 48.6. The second kappa shape index (κ2) is 18.4. The van der Waals surface area contributed by atoms with E-state index in [-0.39, 0.29) is 24.0 Å². The van der Waals surface area contributed by atoms with Gasteiger partial charge in [0.05, 0.1) is 29.4 Å². The lowest BCUT2D eigenvalue weighted by molar-refractivity contribution is -0.295. The Hall–Kier alpha value is -3.24. The molecule has 2 aromatic rings. The number of nitrogens with zero attached hydrogens (tertiary/aromatic N) is 3. The van der Waals surface area contributed by atoms with E-state index in [1.54, 1.807) is 21.0 Å². The number of carbonyl (C=O) groups is 3. The van der Waals surface area contributed by atoms with Gasteiger partial charge in [-0.05, 0) is 103 Å². The molecule has 0 radical (unpaired) electrons. The Balaban J connectivity index is 1.46. The number of Topliss-reactive ketones (excluding diaryl/α,β-unsaturated/α-hetero) is 1. The summed E-state index contributed by atoms with van der Waals surface area (Å²) >= 11 is 0. The van der Waals surface area contributed by atoms with E-state index in [2.05, 4.69) is 16.5 Å². The summed E-state index contributed by atoms with van der Waals surface area (Å²) in [6, 6.07) is 8.60. The number of fused-ring (bicyclic) bond motifs is 2. The first kappa shape index (κ1) is 44.9. The monoisotopic (exact) mass is 797 g/mol. The van der Waals surface area contributed by atoms with Gasteiger partial charge in [0.2, 0.25) is 0 Å². The number of aromatic nitrogens is 1. The number of esters is 1. The first-order valence-electron chi connectivity index (χ1n) is 20.7. The van der Waals surface area contributed by atoms with Crippen molar-refractivity contribution in [2.45, 2.75) is 148 Å². The molecular formula is C43H67N5O9. The average Bonchev–Trinajstić information content (AvgIpc) is 3.45. The van der Waals surface area contributed by atoms with Crippen molar-refractivity contribution in [2.75, 3.05) is 27.7 Å². The highest BCUT2D eigenvalue weighted by atomic mass is 16.7. The lowest BCUT2D eigenvalue weighted by Gasteiger charge is -2.48. The summed E-state index contributed by atoms with van der Waals surface area (Å²) in [5, 5.41) is 14.1. The maximum Gasteiger partial charge on any atom is 0.425 e. The quantitative estimate of drug-likeness (QED) is 0.173. The SMILES string of the molecule is CC[C@H]1OC(=O)[C@H](C)C(=O)[C@H](C)[C@@H](O[C@@H]2O[C@H](C)C[C@H](N(C)C)[C@H]2O)[C@](C)(OC)C[C@@H](C)C(N)[C@H](C)[C@@H]2N(NCCCc3ccnc4ccccc34)C(=O)O[C@@]21C. The molecule has 14 heteroatoms. The van der Waals surface area contributed by atoms with Gasteiger partial charge in [-0.25, -0.2) is 15.2 Å². The number of aliphatic hydroxyl groups is 1. The standard InChI is InChI=1S/C43H67N5O9/c1-12-33-43(8)37(48(41(52)57-43)46-20-15-16-29-19-21-45-31-18-14-13-17-30(29)31)26(4)34(44)24(2)23-42(7,53-11)38(27(5)35(49)28(6)39(51)55-33)56-40-36(50)32(47(9)10)22-25(3)54-40/h13-14,17-19,21,24-28,32-34,36-38,40,46,50H,12,15-16,20,22-23,44H2,1-11H3/t24-,25-,26+,27+,28-,32+,33-,34?,36-,37+,38-,40+,42-,43-/m1/s1. The molecule has 14 nitrogen and oxygen atoms in total. The van der Waals surface area contributed by atoms with Gasteiger partial charge >= 0.3 is 12.1 Å². The number of cyclic esters (lactones) is 1. The Morgan fingerprint density at radius 1 is 1.09 bits per heavy atom. The van der Waals surface area contributed by atoms with Crippen LogP contribution in [0.1, 0.15) is 86.6 Å². The van der Waals surface area contributed by atoms with E-state index in [1.165, 1.54) is 11.9 Å². The summed E-state index contributed by atoms with van der Waals surface area (Å²) in [6.45, 7) is 15.2. The second-order valence-electron chi connectivity index (χ2n) is 17.4. The van der Waals surface area contributed by atoms with Crippen LogP contribution in [-0.2, 0) is 39.7 Å². The minimum atomic E-state index is -1.31. The van der Waals surface area contributed by atoms with Crippen molar-refractivity contribution >= 4 is 28.7 Å². The number of nitrogens with one attached hydrogen (secondary N) is 1. The largest absolute Gasteiger partial charge is 0.458 e. The lowest BCUT2D eigenvalue weighted by Crippen LogP contribution is -2.63. The van der Waals surface area contributed by atoms with Crippen LogP contribution >= 0.6 is 0 Å². The number of hydrogen-bond donors (Lipinski definition) is 3. The molecule has 4 N–H and O–H groups in total. The second-order valence-corrected chi connectivity index (χ2v) is 17.4. The fraction of sp³-hybridized carbons (Fsp3) is 0.721. The number of rotatable bonds is 10. The van der Waals surface area contributed by atoms with Crippen molar-refractivity contribution in [3.05, 3.63) is 42.1 Å². The molecule has 0 spiro atoms. The number of amides is 1. The third-order valence-corrected chi connectivity index (χ3v) is 13.1. The van der Waals surface area contributed by atoms with Crippen molar-refractivity contribution in [1.29, 1.82) is 0 Å². The Bertz CT molecular complexity index is 1710. The van der Waals surface area contributed by atoms with Crippen LogP contribution in [0.15, 0.2) is 36.5 Å². The van der Waals surface area contributed by atoms with Crippen LogP contribution in [0, 0.1) is 23.7 Å². The zero-order chi connectivity index (χ0) is 42.0. The number of methoxy groups -OCH3 is 1. The van der Waals surface area contributed by atoms with E-state index in [1.807, 2.05) is 84.1 Å². The highest BCUT2D eigenvalue weighted by molar-refractivity contribution is 6.00. The third-order valence-electron chi connectivity index (χ3n) is 13.1. The molecule has 57 heavy (non-hydrogen) atoms. The van der Waals surface area contributed by atoms with Crippen LogP contribution in [0.3, 0.4) is 0 Å². The summed E-state index contributed by atoms with van der Waals surface area (Å²) < 4.78 is 31.5. The van der Waals surface area contributed by atoms with Crippen molar-refractivity contribution < 1.29 is 43.2 Å². The summed E-state index contributed by atoms with van der Waals surface area (Å²) in [6.07, 6.45) is -0.208. The highest BCUT2D eigenvalue weighted by Gasteiger charge is 2.60. The molecule has 5 rings (SSSR count). The summed E-state index contributed by atoms with van der Waals surface area (Å²) in [5.74, 6) is -3.85. The van der Waals surface area contributed by atoms with Crippen LogP contribution in [0.25, 0.3) is 10.9 Å². The number of para-hydroxylation sites is 1. The van der Waals surface area contributed by atoms with Gasteiger partial charge in [-0.2, -0.15) is 0 Å². The van der Waals surface area contributed by atoms with E-state index in [4.69, 9.17) is 29.4 Å². The van der Waals surface area contributed by atoms with Crippen LogP contribution in [0.4, 0.5) is 4.79 Å². The molecular weight excluding hydrogens is 730 g/mol. The maximum atomic E-state index is 14.3. The summed E-state index contributed by atoms with van der Waals surface area (Å²) in [5.41, 5.74) is 10.2. The first-order valence-corrected chi connectivity index (χ1v) is 20.7. The normalized spacial score (nSPS) is 38.5. The molecule has 4 heterocycles. The molecule has 3 aliphatic heterocycles. The molecule has 0 bridgehead atoms. The molecule has 3 aliphatic rings. The number of aliphatic hydroxyl groups excluding tert-OH is 1. The highest BCUT2D eigenvalue weighted by Crippen LogP contribution is 2.43. The number of hydrazine groups is 1. The molecule has 3 fully saturated rings. The molecule has 3 saturated heterocycles. The van der Waals surface area contributed by atoms with Gasteiger partial charge in [-0.15, -0.1) is 0 Å². The number of aryl methyl sites for hydroxylation is 1. The molecule has 1 aromatic carbocycles. The number of likely N-dealkylation sites (N-methyl/N-ethyl adjacent to an activating group) is 1. The Labute approximate surface area is 338 Å². The van der Waals surface area contributed by atoms with Gasteiger partial charge in [0.25, 0.3) is 0 Å². The van der Waals surface area contributed by atoms with Crippen LogP contribution in [-0.4, -0.2) is 126 Å². The van der Waals surface area contributed by atoms with Crippen LogP contribution < -0.4 is 11.2 Å². The number of carbonyl (C=O) groups excluding carboxylic acids is 3. The minimum Gasteiger partial charge on any atom is -0.458 e. The van der Waals surface area contributed by atoms with Gasteiger partial charge in [0, 0.05) is 43.2 Å². The topological polar surface area (TPSA) is 175 Å². The van der Waals surface area contributed by atoms with Crippen molar-refractivity contribution in [1.82, 2.24) is 20.3 Å². The molecule has 1 aromatic heterocycles. The smallest absolute Gasteiger partial charge is 0.425 e. The molecule has 1 unspecified atom stereocenters. The van der Waals surface area contributed by atoms with Gasteiger partial charge in [0.15, 0.2) is 17.7 Å². The van der Waals surface area contributed by atoms with Crippen LogP contribution in [0.2, 0.25) is 0 Å². The molecule has 0 aliphatic carbocycles. The number of ether oxygens (including phenoxy) is 5. The number of pyridine rings is 1. The Kier molecular flexibility index (Phi) is 14.4.